The summed E-state index contributed by atoms with van der Waals surface area (Å²) in [5, 5.41) is 0. The molecule has 5 aliphatic carbocycles. The lowest BCUT2D eigenvalue weighted by Crippen LogP contribution is -2.66. The quantitative estimate of drug-likeness (QED) is 0.367. The molecule has 33 heavy (non-hydrogen) atoms. The van der Waals surface area contributed by atoms with E-state index in [-0.39, 0.29) is 0 Å². The maximum absolute atomic E-state index is 4.54. The average Bonchev–Trinajstić information content (AvgIpc) is 3.12. The van der Waals surface area contributed by atoms with E-state index in [1.807, 2.05) is 0 Å². The molecule has 5 rings (SSSR count). The highest BCUT2D eigenvalue weighted by molar-refractivity contribution is 5.24. The summed E-state index contributed by atoms with van der Waals surface area (Å²) in [6, 6.07) is 0. The number of hydrogen-bond acceptors (Lipinski definition) is 0. The summed E-state index contributed by atoms with van der Waals surface area (Å²) < 4.78 is 0. The Hall–Kier alpha value is -0.520. The van der Waals surface area contributed by atoms with Crippen LogP contribution < -0.4 is 0 Å². The lowest BCUT2D eigenvalue weighted by molar-refractivity contribution is -0.238. The normalized spacial score (nSPS) is 55.4. The number of rotatable bonds is 2. The van der Waals surface area contributed by atoms with E-state index in [2.05, 4.69) is 74.1 Å². The molecule has 0 bridgehead atoms. The summed E-state index contributed by atoms with van der Waals surface area (Å²) in [6.07, 6.45) is 19.5. The minimum absolute atomic E-state index is 0.453. The summed E-state index contributed by atoms with van der Waals surface area (Å²) in [5.74, 6) is 5.15. The zero-order valence-corrected chi connectivity index (χ0v) is 23.4. The Morgan fingerprint density at radius 1 is 0.788 bits per heavy atom. The highest BCUT2D eigenvalue weighted by Gasteiger charge is 2.70. The van der Waals surface area contributed by atoms with Crippen LogP contribution in [0.25, 0.3) is 0 Å². The molecule has 0 aliphatic heterocycles. The molecule has 0 aromatic carbocycles. The van der Waals surface area contributed by atoms with Crippen LogP contribution in [0.2, 0.25) is 0 Å². The zero-order chi connectivity index (χ0) is 24.0. The van der Waals surface area contributed by atoms with Gasteiger partial charge >= 0.3 is 0 Å². The van der Waals surface area contributed by atoms with Crippen LogP contribution in [0.5, 0.6) is 0 Å². The SMILES string of the molecule is C=C(C)C1CCC2(C=CC)CCC3(C)C(CCC4C5(C)CCC(C)C(C)(C)C5CCC43C)C12. The third-order valence-electron chi connectivity index (χ3n) is 14.2. The molecule has 5 aliphatic rings. The van der Waals surface area contributed by atoms with Crippen molar-refractivity contribution in [2.45, 2.75) is 120 Å². The highest BCUT2D eigenvalue weighted by Crippen LogP contribution is 2.77. The second-order valence-electron chi connectivity index (χ2n) is 15.2. The Labute approximate surface area is 206 Å². The fourth-order valence-electron chi connectivity index (χ4n) is 12.0. The van der Waals surface area contributed by atoms with Crippen LogP contribution in [-0.4, -0.2) is 0 Å². The van der Waals surface area contributed by atoms with E-state index in [0.29, 0.717) is 27.1 Å². The summed E-state index contributed by atoms with van der Waals surface area (Å²) in [5.41, 5.74) is 3.96. The van der Waals surface area contributed by atoms with Gasteiger partial charge in [-0.25, -0.2) is 0 Å². The lowest BCUT2D eigenvalue weighted by Gasteiger charge is -2.73. The van der Waals surface area contributed by atoms with Crippen molar-refractivity contribution in [1.82, 2.24) is 0 Å². The molecule has 0 radical (unpaired) electrons. The van der Waals surface area contributed by atoms with Crippen LogP contribution in [0.4, 0.5) is 0 Å². The Kier molecular flexibility index (Phi) is 5.49. The van der Waals surface area contributed by atoms with Gasteiger partial charge in [-0.2, -0.15) is 0 Å². The van der Waals surface area contributed by atoms with Gasteiger partial charge in [0.1, 0.15) is 0 Å². The molecule has 186 valence electrons. The highest BCUT2D eigenvalue weighted by atomic mass is 14.7. The third-order valence-corrected chi connectivity index (χ3v) is 14.2. The zero-order valence-electron chi connectivity index (χ0n) is 23.4. The standard InChI is InChI=1S/C33H54/c1-10-16-33-19-14-24(22(2)3)28(33)25-11-12-27-30(7)17-13-23(4)29(5,6)26(30)15-18-32(27,9)31(25,8)20-21-33/h10,16,23-28H,2,11-15,17-21H2,1,3-9H3. The molecule has 10 unspecified atom stereocenters. The molecule has 0 N–H and O–H groups in total. The molecule has 0 nitrogen and oxygen atoms in total. The van der Waals surface area contributed by atoms with Gasteiger partial charge in [-0.15, -0.1) is 0 Å². The monoisotopic (exact) mass is 450 g/mol. The second-order valence-corrected chi connectivity index (χ2v) is 15.2. The van der Waals surface area contributed by atoms with E-state index in [4.69, 9.17) is 0 Å². The molecule has 0 heteroatoms. The fourth-order valence-corrected chi connectivity index (χ4v) is 12.0. The molecule has 10 atom stereocenters. The molecule has 0 spiro atoms. The molecule has 0 aromatic heterocycles. The van der Waals surface area contributed by atoms with Crippen LogP contribution >= 0.6 is 0 Å². The number of allylic oxidation sites excluding steroid dienone is 3. The van der Waals surface area contributed by atoms with Crippen LogP contribution in [-0.2, 0) is 0 Å². The van der Waals surface area contributed by atoms with Crippen molar-refractivity contribution in [2.24, 2.45) is 62.6 Å². The van der Waals surface area contributed by atoms with Gasteiger partial charge < -0.3 is 0 Å². The van der Waals surface area contributed by atoms with Crippen molar-refractivity contribution in [3.8, 4) is 0 Å². The molecule has 5 fully saturated rings. The topological polar surface area (TPSA) is 0 Å². The van der Waals surface area contributed by atoms with Crippen LogP contribution in [0.1, 0.15) is 120 Å². The summed E-state index contributed by atoms with van der Waals surface area (Å²) in [7, 11) is 0. The Morgan fingerprint density at radius 3 is 2.18 bits per heavy atom. The molecule has 0 aromatic rings. The number of fused-ring (bicyclic) bond motifs is 7. The minimum atomic E-state index is 0.453. The molecular weight excluding hydrogens is 396 g/mol. The van der Waals surface area contributed by atoms with E-state index >= 15 is 0 Å². The summed E-state index contributed by atoms with van der Waals surface area (Å²) in [4.78, 5) is 0. The predicted molar refractivity (Wildman–Crippen MR) is 143 cm³/mol. The van der Waals surface area contributed by atoms with Crippen molar-refractivity contribution >= 4 is 0 Å². The van der Waals surface area contributed by atoms with Gasteiger partial charge in [-0.1, -0.05) is 65.8 Å². The number of hydrogen-bond donors (Lipinski definition) is 0. The minimum Gasteiger partial charge on any atom is -0.0998 e. The van der Waals surface area contributed by atoms with Gasteiger partial charge in [0.2, 0.25) is 0 Å². The van der Waals surface area contributed by atoms with E-state index in [1.165, 1.54) is 69.8 Å². The van der Waals surface area contributed by atoms with Gasteiger partial charge in [-0.05, 0) is 141 Å². The Morgan fingerprint density at radius 2 is 1.52 bits per heavy atom. The molecule has 0 heterocycles. The summed E-state index contributed by atoms with van der Waals surface area (Å²) >= 11 is 0. The van der Waals surface area contributed by atoms with Crippen molar-refractivity contribution in [3.05, 3.63) is 24.3 Å². The van der Waals surface area contributed by atoms with Gasteiger partial charge in [0.25, 0.3) is 0 Å². The van der Waals surface area contributed by atoms with Gasteiger partial charge in [-0.3, -0.25) is 0 Å². The van der Waals surface area contributed by atoms with E-state index in [9.17, 15) is 0 Å². The van der Waals surface area contributed by atoms with Crippen LogP contribution in [0, 0.1) is 62.6 Å². The van der Waals surface area contributed by atoms with E-state index < -0.39 is 0 Å². The maximum atomic E-state index is 4.54. The van der Waals surface area contributed by atoms with Crippen molar-refractivity contribution in [3.63, 3.8) is 0 Å². The molecule has 5 saturated carbocycles. The largest absolute Gasteiger partial charge is 0.0998 e. The Balaban J connectivity index is 1.56. The van der Waals surface area contributed by atoms with E-state index in [1.54, 1.807) is 0 Å². The van der Waals surface area contributed by atoms with Gasteiger partial charge in [0, 0.05) is 0 Å². The fraction of sp³-hybridized carbons (Fsp3) is 0.879. The summed E-state index contributed by atoms with van der Waals surface area (Å²) in [6.45, 7) is 25.3. The maximum Gasteiger partial charge on any atom is -0.00811 e. The second kappa shape index (κ2) is 7.49. The smallest absolute Gasteiger partial charge is 0.00811 e. The third kappa shape index (κ3) is 2.94. The first-order valence-electron chi connectivity index (χ1n) is 14.7. The Bertz CT molecular complexity index is 831. The average molecular weight is 451 g/mol. The predicted octanol–water partition coefficient (Wildman–Crippen LogP) is 9.86. The lowest BCUT2D eigenvalue weighted by atomic mass is 9.32. The van der Waals surface area contributed by atoms with Crippen LogP contribution in [0.3, 0.4) is 0 Å². The van der Waals surface area contributed by atoms with Crippen LogP contribution in [0.15, 0.2) is 24.3 Å². The molecule has 0 saturated heterocycles. The first kappa shape index (κ1) is 24.2. The molecular formula is C33H54. The van der Waals surface area contributed by atoms with Gasteiger partial charge in [0.15, 0.2) is 0 Å². The van der Waals surface area contributed by atoms with Gasteiger partial charge in [0.05, 0.1) is 0 Å². The first-order valence-corrected chi connectivity index (χ1v) is 14.7. The molecule has 0 amide bonds. The van der Waals surface area contributed by atoms with Crippen molar-refractivity contribution in [1.29, 1.82) is 0 Å². The first-order chi connectivity index (χ1) is 15.4. The van der Waals surface area contributed by atoms with Crippen molar-refractivity contribution in [2.75, 3.05) is 0 Å². The van der Waals surface area contributed by atoms with E-state index in [0.717, 1.165) is 35.5 Å². The van der Waals surface area contributed by atoms with Crippen molar-refractivity contribution < 1.29 is 0 Å².